The molecule has 3 nitrogen and oxygen atoms in total. The largest absolute Gasteiger partial charge is 0.496 e. The summed E-state index contributed by atoms with van der Waals surface area (Å²) in [4.78, 5) is 10.6. The van der Waals surface area contributed by atoms with Gasteiger partial charge in [-0.25, -0.2) is 0 Å². The Morgan fingerprint density at radius 3 is 2.57 bits per heavy atom. The van der Waals surface area contributed by atoms with Gasteiger partial charge in [0.2, 0.25) is 0 Å². The average Bonchev–Trinajstić information content (AvgIpc) is 2.15. The third-order valence-electron chi connectivity index (χ3n) is 2.19. The maximum atomic E-state index is 10.6. The van der Waals surface area contributed by atoms with Crippen LogP contribution < -0.4 is 10.5 Å². The van der Waals surface area contributed by atoms with Gasteiger partial charge in [0, 0.05) is 5.56 Å². The molecule has 3 heteroatoms. The highest BCUT2D eigenvalue weighted by atomic mass is 16.5. The molecule has 0 aliphatic carbocycles. The maximum Gasteiger partial charge on any atom is 0.141 e. The topological polar surface area (TPSA) is 52.3 Å². The van der Waals surface area contributed by atoms with Crippen molar-refractivity contribution in [1.29, 1.82) is 0 Å². The minimum Gasteiger partial charge on any atom is -0.496 e. The number of ether oxygens (including phenoxy) is 1. The van der Waals surface area contributed by atoms with Crippen LogP contribution in [-0.4, -0.2) is 13.4 Å². The first-order valence-corrected chi connectivity index (χ1v) is 4.46. The monoisotopic (exact) mass is 193 g/mol. The summed E-state index contributed by atoms with van der Waals surface area (Å²) in [7, 11) is 1.58. The predicted octanol–water partition coefficient (Wildman–Crippen LogP) is 1.51. The molecule has 0 aromatic heterocycles. The van der Waals surface area contributed by atoms with E-state index < -0.39 is 6.04 Å². The molecule has 0 aliphatic rings. The van der Waals surface area contributed by atoms with Crippen LogP contribution in [0.25, 0.3) is 0 Å². The summed E-state index contributed by atoms with van der Waals surface area (Å²) in [5.74, 6) is 0.683. The van der Waals surface area contributed by atoms with E-state index in [9.17, 15) is 4.79 Å². The summed E-state index contributed by atoms with van der Waals surface area (Å²) < 4.78 is 5.19. The van der Waals surface area contributed by atoms with E-state index in [-0.39, 0.29) is 0 Å². The number of aryl methyl sites for hydroxylation is 2. The smallest absolute Gasteiger partial charge is 0.141 e. The van der Waals surface area contributed by atoms with Gasteiger partial charge in [0.1, 0.15) is 12.0 Å². The van der Waals surface area contributed by atoms with Gasteiger partial charge in [-0.2, -0.15) is 0 Å². The molecule has 1 atom stereocenters. The Kier molecular flexibility index (Phi) is 3.25. The van der Waals surface area contributed by atoms with Gasteiger partial charge in [-0.15, -0.1) is 0 Å². The normalized spacial score (nSPS) is 12.3. The maximum absolute atomic E-state index is 10.6. The van der Waals surface area contributed by atoms with E-state index in [4.69, 9.17) is 10.5 Å². The molecule has 0 spiro atoms. The van der Waals surface area contributed by atoms with E-state index in [1.165, 1.54) is 0 Å². The first-order chi connectivity index (χ1) is 6.60. The van der Waals surface area contributed by atoms with E-state index in [1.807, 2.05) is 26.0 Å². The van der Waals surface area contributed by atoms with Crippen LogP contribution in [0.3, 0.4) is 0 Å². The van der Waals surface area contributed by atoms with Gasteiger partial charge in [0.05, 0.1) is 13.2 Å². The van der Waals surface area contributed by atoms with Crippen molar-refractivity contribution in [3.05, 3.63) is 28.8 Å². The van der Waals surface area contributed by atoms with Crippen molar-refractivity contribution >= 4 is 6.29 Å². The van der Waals surface area contributed by atoms with Crippen molar-refractivity contribution < 1.29 is 9.53 Å². The molecule has 0 fully saturated rings. The Bertz CT molecular complexity index is 347. The molecule has 14 heavy (non-hydrogen) atoms. The molecule has 1 rings (SSSR count). The number of benzene rings is 1. The third kappa shape index (κ3) is 1.93. The minimum absolute atomic E-state index is 0.606. The first-order valence-electron chi connectivity index (χ1n) is 4.46. The number of methoxy groups -OCH3 is 1. The number of hydrogen-bond donors (Lipinski definition) is 1. The lowest BCUT2D eigenvalue weighted by atomic mass is 9.99. The summed E-state index contributed by atoms with van der Waals surface area (Å²) in [6.07, 6.45) is 0.722. The molecule has 0 heterocycles. The van der Waals surface area contributed by atoms with Gasteiger partial charge in [-0.3, -0.25) is 0 Å². The summed E-state index contributed by atoms with van der Waals surface area (Å²) >= 11 is 0. The second-order valence-corrected chi connectivity index (χ2v) is 3.36. The van der Waals surface area contributed by atoms with Crippen LogP contribution >= 0.6 is 0 Å². The van der Waals surface area contributed by atoms with Gasteiger partial charge in [-0.05, 0) is 31.0 Å². The number of nitrogens with two attached hydrogens (primary N) is 1. The van der Waals surface area contributed by atoms with Crippen LogP contribution in [-0.2, 0) is 4.79 Å². The second kappa shape index (κ2) is 4.24. The Morgan fingerprint density at radius 1 is 1.43 bits per heavy atom. The Morgan fingerprint density at radius 2 is 2.07 bits per heavy atom. The highest BCUT2D eigenvalue weighted by Gasteiger charge is 2.14. The number of carbonyl (C=O) groups is 1. The fraction of sp³-hybridized carbons (Fsp3) is 0.364. The molecule has 1 unspecified atom stereocenters. The standard InChI is InChI=1S/C11H15NO2/c1-7-4-8(2)11(9(12)6-13)10(5-7)14-3/h4-6,9H,12H2,1-3H3. The lowest BCUT2D eigenvalue weighted by Crippen LogP contribution is -2.14. The Balaban J connectivity index is 3.31. The number of carbonyl (C=O) groups excluding carboxylic acids is 1. The summed E-state index contributed by atoms with van der Waals surface area (Å²) in [6.45, 7) is 3.90. The fourth-order valence-corrected chi connectivity index (χ4v) is 1.60. The molecule has 0 amide bonds. The highest BCUT2D eigenvalue weighted by molar-refractivity contribution is 5.65. The number of hydrogen-bond acceptors (Lipinski definition) is 3. The van der Waals surface area contributed by atoms with E-state index in [0.717, 1.165) is 23.0 Å². The van der Waals surface area contributed by atoms with Crippen molar-refractivity contribution in [3.63, 3.8) is 0 Å². The lowest BCUT2D eigenvalue weighted by Gasteiger charge is -2.14. The van der Waals surface area contributed by atoms with E-state index >= 15 is 0 Å². The van der Waals surface area contributed by atoms with Crippen LogP contribution in [0.4, 0.5) is 0 Å². The molecule has 2 N–H and O–H groups in total. The molecule has 76 valence electrons. The molecular weight excluding hydrogens is 178 g/mol. The van der Waals surface area contributed by atoms with Crippen molar-refractivity contribution in [2.24, 2.45) is 5.73 Å². The Hall–Kier alpha value is -1.35. The molecule has 0 bridgehead atoms. The molecule has 0 aliphatic heterocycles. The third-order valence-corrected chi connectivity index (χ3v) is 2.19. The Labute approximate surface area is 83.9 Å². The fourth-order valence-electron chi connectivity index (χ4n) is 1.60. The van der Waals surface area contributed by atoms with Crippen LogP contribution in [0, 0.1) is 13.8 Å². The van der Waals surface area contributed by atoms with Crippen LogP contribution in [0.2, 0.25) is 0 Å². The summed E-state index contributed by atoms with van der Waals surface area (Å²) in [5, 5.41) is 0. The molecule has 1 aromatic carbocycles. The van der Waals surface area contributed by atoms with E-state index in [2.05, 4.69) is 0 Å². The van der Waals surface area contributed by atoms with Gasteiger partial charge in [0.25, 0.3) is 0 Å². The van der Waals surface area contributed by atoms with E-state index in [1.54, 1.807) is 7.11 Å². The zero-order chi connectivity index (χ0) is 10.7. The number of rotatable bonds is 3. The molecule has 0 saturated heterocycles. The summed E-state index contributed by atoms with van der Waals surface area (Å²) in [5.41, 5.74) is 8.53. The van der Waals surface area contributed by atoms with Crippen molar-refractivity contribution in [2.45, 2.75) is 19.9 Å². The minimum atomic E-state index is -0.606. The average molecular weight is 193 g/mol. The van der Waals surface area contributed by atoms with Gasteiger partial charge >= 0.3 is 0 Å². The molecule has 1 aromatic rings. The quantitative estimate of drug-likeness (QED) is 0.740. The van der Waals surface area contributed by atoms with Crippen LogP contribution in [0.5, 0.6) is 5.75 Å². The number of aldehydes is 1. The van der Waals surface area contributed by atoms with Gasteiger partial charge in [-0.1, -0.05) is 6.07 Å². The predicted molar refractivity (Wildman–Crippen MR) is 55.5 cm³/mol. The molecule has 0 radical (unpaired) electrons. The summed E-state index contributed by atoms with van der Waals surface area (Å²) in [6, 6.07) is 3.26. The highest BCUT2D eigenvalue weighted by Crippen LogP contribution is 2.27. The molecular formula is C11H15NO2. The van der Waals surface area contributed by atoms with Gasteiger partial charge < -0.3 is 15.3 Å². The zero-order valence-electron chi connectivity index (χ0n) is 8.70. The zero-order valence-corrected chi connectivity index (χ0v) is 8.70. The van der Waals surface area contributed by atoms with Gasteiger partial charge in [0.15, 0.2) is 0 Å². The SMILES string of the molecule is COc1cc(C)cc(C)c1C(N)C=O. The lowest BCUT2D eigenvalue weighted by molar-refractivity contribution is -0.109. The van der Waals surface area contributed by atoms with Crippen molar-refractivity contribution in [2.75, 3.05) is 7.11 Å². The van der Waals surface area contributed by atoms with Crippen LogP contribution in [0.15, 0.2) is 12.1 Å². The van der Waals surface area contributed by atoms with Crippen molar-refractivity contribution in [3.8, 4) is 5.75 Å². The van der Waals surface area contributed by atoms with E-state index in [0.29, 0.717) is 5.75 Å². The van der Waals surface area contributed by atoms with Crippen LogP contribution in [0.1, 0.15) is 22.7 Å². The molecule has 0 saturated carbocycles. The van der Waals surface area contributed by atoms with Crippen molar-refractivity contribution in [1.82, 2.24) is 0 Å². The first kappa shape index (κ1) is 10.7. The second-order valence-electron chi connectivity index (χ2n) is 3.36.